The summed E-state index contributed by atoms with van der Waals surface area (Å²) in [5.74, 6) is 1.23. The molecule has 0 unspecified atom stereocenters. The summed E-state index contributed by atoms with van der Waals surface area (Å²) in [7, 11) is 1.64. The van der Waals surface area contributed by atoms with Crippen molar-refractivity contribution < 1.29 is 19.7 Å². The SMILES string of the molecule is COc1ccc2cc1-c1cc(ccc1O)[C@H]1C[C@@H](O)C[C@@H]3CCC[C@@H](CC(=O)CC2)N31. The third-order valence-electron chi connectivity index (χ3n) is 7.43. The number of Topliss-reactive ketones (excluding diaryl/α,β-unsaturated/α-hetero) is 1. The highest BCUT2D eigenvalue weighted by Crippen LogP contribution is 2.45. The van der Waals surface area contributed by atoms with Gasteiger partial charge in [0.25, 0.3) is 0 Å². The van der Waals surface area contributed by atoms with Crippen molar-refractivity contribution in [3.05, 3.63) is 47.5 Å². The van der Waals surface area contributed by atoms with Crippen molar-refractivity contribution in [1.29, 1.82) is 0 Å². The van der Waals surface area contributed by atoms with Crippen molar-refractivity contribution in [2.24, 2.45) is 0 Å². The van der Waals surface area contributed by atoms with Crippen LogP contribution in [0.1, 0.15) is 62.1 Å². The van der Waals surface area contributed by atoms with Gasteiger partial charge in [-0.2, -0.15) is 0 Å². The van der Waals surface area contributed by atoms with E-state index in [1.165, 1.54) is 0 Å². The maximum absolute atomic E-state index is 12.9. The summed E-state index contributed by atoms with van der Waals surface area (Å²) in [6.07, 6.45) is 6.09. The fourth-order valence-corrected chi connectivity index (χ4v) is 5.99. The number of rotatable bonds is 1. The lowest BCUT2D eigenvalue weighted by Gasteiger charge is -2.51. The van der Waals surface area contributed by atoms with Gasteiger partial charge in [-0.1, -0.05) is 18.6 Å². The molecular weight excluding hydrogens is 390 g/mol. The first kappa shape index (κ1) is 20.5. The molecule has 164 valence electrons. The number of ether oxygens (including phenoxy) is 1. The zero-order chi connectivity index (χ0) is 21.5. The minimum atomic E-state index is -0.341. The lowest BCUT2D eigenvalue weighted by Crippen LogP contribution is -2.54. The van der Waals surface area contributed by atoms with Crippen LogP contribution in [-0.4, -0.2) is 46.2 Å². The first-order valence-electron chi connectivity index (χ1n) is 11.5. The average molecular weight is 422 g/mol. The Hall–Kier alpha value is -2.37. The van der Waals surface area contributed by atoms with Crippen molar-refractivity contribution in [2.75, 3.05) is 7.11 Å². The second-order valence-electron chi connectivity index (χ2n) is 9.38. The second-order valence-corrected chi connectivity index (χ2v) is 9.38. The van der Waals surface area contributed by atoms with Gasteiger partial charge in [0.2, 0.25) is 0 Å². The smallest absolute Gasteiger partial charge is 0.134 e. The van der Waals surface area contributed by atoms with E-state index in [0.717, 1.165) is 47.9 Å². The Morgan fingerprint density at radius 3 is 2.68 bits per heavy atom. The number of fused-ring (bicyclic) bond motifs is 6. The normalized spacial score (nSPS) is 28.6. The number of aliphatic hydroxyl groups excluding tert-OH is 1. The van der Waals surface area contributed by atoms with Crippen LogP contribution in [0.25, 0.3) is 11.1 Å². The van der Waals surface area contributed by atoms with E-state index in [4.69, 9.17) is 4.74 Å². The molecule has 2 aromatic carbocycles. The fraction of sp³-hybridized carbons (Fsp3) is 0.500. The highest BCUT2D eigenvalue weighted by molar-refractivity contribution is 5.80. The lowest BCUT2D eigenvalue weighted by molar-refractivity contribution is -0.122. The van der Waals surface area contributed by atoms with Gasteiger partial charge in [0.05, 0.1) is 13.2 Å². The molecule has 2 N–H and O–H groups in total. The van der Waals surface area contributed by atoms with Crippen LogP contribution in [-0.2, 0) is 11.2 Å². The van der Waals surface area contributed by atoms with Gasteiger partial charge in [-0.15, -0.1) is 0 Å². The van der Waals surface area contributed by atoms with Crippen LogP contribution in [0, 0.1) is 0 Å². The zero-order valence-electron chi connectivity index (χ0n) is 18.1. The molecule has 3 aliphatic rings. The molecule has 5 rings (SSSR count). The molecule has 0 radical (unpaired) electrons. The molecule has 4 atom stereocenters. The molecule has 0 aliphatic carbocycles. The van der Waals surface area contributed by atoms with Crippen LogP contribution in [0.2, 0.25) is 0 Å². The van der Waals surface area contributed by atoms with Crippen molar-refractivity contribution in [3.8, 4) is 22.6 Å². The average Bonchev–Trinajstić information content (AvgIpc) is 2.77. The van der Waals surface area contributed by atoms with Gasteiger partial charge < -0.3 is 14.9 Å². The Morgan fingerprint density at radius 2 is 1.84 bits per heavy atom. The van der Waals surface area contributed by atoms with Crippen molar-refractivity contribution in [1.82, 2.24) is 4.90 Å². The molecule has 2 aromatic rings. The quantitative estimate of drug-likeness (QED) is 0.715. The largest absolute Gasteiger partial charge is 0.507 e. The van der Waals surface area contributed by atoms with E-state index in [2.05, 4.69) is 11.0 Å². The summed E-state index contributed by atoms with van der Waals surface area (Å²) in [4.78, 5) is 15.5. The van der Waals surface area contributed by atoms with Crippen LogP contribution in [0.15, 0.2) is 36.4 Å². The van der Waals surface area contributed by atoms with Crippen molar-refractivity contribution >= 4 is 5.78 Å². The minimum absolute atomic E-state index is 0.0427. The van der Waals surface area contributed by atoms with E-state index in [1.807, 2.05) is 24.3 Å². The second kappa shape index (κ2) is 8.29. The Labute approximate surface area is 183 Å². The van der Waals surface area contributed by atoms with Crippen LogP contribution in [0.5, 0.6) is 11.5 Å². The van der Waals surface area contributed by atoms with Crippen LogP contribution < -0.4 is 4.74 Å². The number of nitrogens with zero attached hydrogens (tertiary/aromatic N) is 1. The molecule has 2 fully saturated rings. The van der Waals surface area contributed by atoms with E-state index in [9.17, 15) is 15.0 Å². The Kier molecular flexibility index (Phi) is 5.49. The number of hydrogen-bond donors (Lipinski definition) is 2. The Morgan fingerprint density at radius 1 is 1.00 bits per heavy atom. The number of aromatic hydroxyl groups is 1. The van der Waals surface area contributed by atoms with E-state index < -0.39 is 0 Å². The van der Waals surface area contributed by atoms with Crippen molar-refractivity contribution in [2.45, 2.75) is 75.6 Å². The molecule has 0 spiro atoms. The number of benzene rings is 2. The summed E-state index contributed by atoms with van der Waals surface area (Å²) in [5, 5.41) is 21.4. The first-order chi connectivity index (χ1) is 15.0. The maximum atomic E-state index is 12.9. The summed E-state index contributed by atoms with van der Waals surface area (Å²) < 4.78 is 5.60. The van der Waals surface area contributed by atoms with Gasteiger partial charge in [0.1, 0.15) is 17.3 Å². The number of phenols is 1. The predicted molar refractivity (Wildman–Crippen MR) is 119 cm³/mol. The standard InChI is InChI=1S/C26H31NO4/c1-31-26-10-6-16-5-8-20(28)13-18-3-2-4-19-14-21(29)15-24(27(18)19)17-7-9-25(30)22(12-17)23(26)11-16/h6-7,9-12,18-19,21,24,29-30H,2-5,8,13-15H2,1H3/t18-,19-,21-,24+/m0/s1. The molecule has 0 amide bonds. The third kappa shape index (κ3) is 3.85. The molecule has 0 aromatic heterocycles. The minimum Gasteiger partial charge on any atom is -0.507 e. The number of aryl methyl sites for hydroxylation is 1. The monoisotopic (exact) mass is 421 g/mol. The van der Waals surface area contributed by atoms with Gasteiger partial charge in [-0.05, 0) is 67.5 Å². The lowest BCUT2D eigenvalue weighted by atomic mass is 9.80. The van der Waals surface area contributed by atoms with E-state index >= 15 is 0 Å². The van der Waals surface area contributed by atoms with E-state index in [-0.39, 0.29) is 23.9 Å². The molecule has 5 heteroatoms. The topological polar surface area (TPSA) is 70.0 Å². The number of methoxy groups -OCH3 is 1. The molecule has 5 nitrogen and oxygen atoms in total. The molecular formula is C26H31NO4. The first-order valence-corrected chi connectivity index (χ1v) is 11.5. The number of piperidine rings is 2. The van der Waals surface area contributed by atoms with Gasteiger partial charge >= 0.3 is 0 Å². The summed E-state index contributed by atoms with van der Waals surface area (Å²) >= 11 is 0. The fourth-order valence-electron chi connectivity index (χ4n) is 5.99. The molecule has 2 saturated heterocycles. The number of carbonyl (C=O) groups excluding carboxylic acids is 1. The van der Waals surface area contributed by atoms with Crippen molar-refractivity contribution in [3.63, 3.8) is 0 Å². The summed E-state index contributed by atoms with van der Waals surface area (Å²) in [6, 6.07) is 12.3. The van der Waals surface area contributed by atoms with Crippen LogP contribution in [0.4, 0.5) is 0 Å². The van der Waals surface area contributed by atoms with Crippen LogP contribution in [0.3, 0.4) is 0 Å². The highest BCUT2D eigenvalue weighted by atomic mass is 16.5. The molecule has 0 saturated carbocycles. The number of phenolic OH excluding ortho intramolecular Hbond substituents is 1. The number of carbonyl (C=O) groups is 1. The highest BCUT2D eigenvalue weighted by Gasteiger charge is 2.42. The molecule has 3 heterocycles. The van der Waals surface area contributed by atoms with Gasteiger partial charge in [-0.25, -0.2) is 0 Å². The number of hydrogen-bond acceptors (Lipinski definition) is 5. The van der Waals surface area contributed by atoms with Crippen LogP contribution >= 0.6 is 0 Å². The number of ketones is 1. The molecule has 4 bridgehead atoms. The number of aliphatic hydroxyl groups is 1. The van der Waals surface area contributed by atoms with Gasteiger partial charge in [0.15, 0.2) is 0 Å². The van der Waals surface area contributed by atoms with E-state index in [0.29, 0.717) is 43.3 Å². The zero-order valence-corrected chi connectivity index (χ0v) is 18.1. The Balaban J connectivity index is 1.67. The van der Waals surface area contributed by atoms with Gasteiger partial charge in [-0.3, -0.25) is 9.69 Å². The van der Waals surface area contributed by atoms with Gasteiger partial charge in [0, 0.05) is 42.1 Å². The molecule has 31 heavy (non-hydrogen) atoms. The third-order valence-corrected chi connectivity index (χ3v) is 7.43. The predicted octanol–water partition coefficient (Wildman–Crippen LogP) is 4.39. The summed E-state index contributed by atoms with van der Waals surface area (Å²) in [5.41, 5.74) is 3.74. The maximum Gasteiger partial charge on any atom is 0.134 e. The summed E-state index contributed by atoms with van der Waals surface area (Å²) in [6.45, 7) is 0. The van der Waals surface area contributed by atoms with E-state index in [1.54, 1.807) is 13.2 Å². The molecule has 3 aliphatic heterocycles. The Bertz CT molecular complexity index is 987.